The number of benzene rings is 2. The van der Waals surface area contributed by atoms with Crippen LogP contribution in [0.4, 0.5) is 0 Å². The van der Waals surface area contributed by atoms with Crippen molar-refractivity contribution in [1.82, 2.24) is 15.5 Å². The van der Waals surface area contributed by atoms with Gasteiger partial charge >= 0.3 is 0 Å². The van der Waals surface area contributed by atoms with Crippen molar-refractivity contribution in [3.8, 4) is 17.0 Å². The standard InChI is InChI=1S/C20H22N4O4S/c1-13-18(20(24-23-13)15-5-7-16(28-2)8-6-15)11-19(25)22-12-14-3-9-17(10-4-14)29(21,26)27/h3-10H,11-12H2,1-2H3,(H,22,25)(H,23,24)(H2,21,26,27). The van der Waals surface area contributed by atoms with E-state index in [9.17, 15) is 13.2 Å². The zero-order valence-electron chi connectivity index (χ0n) is 16.1. The first-order valence-electron chi connectivity index (χ1n) is 8.84. The predicted molar refractivity (Wildman–Crippen MR) is 109 cm³/mol. The lowest BCUT2D eigenvalue weighted by molar-refractivity contribution is -0.120. The minimum atomic E-state index is -3.73. The molecule has 0 bridgehead atoms. The largest absolute Gasteiger partial charge is 0.497 e. The van der Waals surface area contributed by atoms with Crippen LogP contribution in [0.2, 0.25) is 0 Å². The first kappa shape index (κ1) is 20.6. The second-order valence-corrected chi connectivity index (χ2v) is 8.11. The number of nitrogens with two attached hydrogens (primary N) is 1. The Labute approximate surface area is 169 Å². The summed E-state index contributed by atoms with van der Waals surface area (Å²) in [7, 11) is -2.13. The van der Waals surface area contributed by atoms with Gasteiger partial charge in [0.25, 0.3) is 0 Å². The summed E-state index contributed by atoms with van der Waals surface area (Å²) in [4.78, 5) is 12.5. The topological polar surface area (TPSA) is 127 Å². The number of aromatic nitrogens is 2. The fourth-order valence-electron chi connectivity index (χ4n) is 2.88. The van der Waals surface area contributed by atoms with E-state index in [-0.39, 0.29) is 23.8 Å². The number of ether oxygens (including phenoxy) is 1. The molecule has 0 aliphatic heterocycles. The monoisotopic (exact) mass is 414 g/mol. The normalized spacial score (nSPS) is 11.3. The molecule has 0 saturated heterocycles. The molecule has 3 aromatic rings. The molecule has 3 rings (SSSR count). The van der Waals surface area contributed by atoms with Gasteiger partial charge in [0.05, 0.1) is 24.1 Å². The van der Waals surface area contributed by atoms with Crippen LogP contribution in [0, 0.1) is 6.92 Å². The van der Waals surface area contributed by atoms with Crippen LogP contribution in [0.5, 0.6) is 5.75 Å². The van der Waals surface area contributed by atoms with Gasteiger partial charge in [0.15, 0.2) is 0 Å². The maximum absolute atomic E-state index is 12.5. The van der Waals surface area contributed by atoms with Crippen molar-refractivity contribution >= 4 is 15.9 Å². The van der Waals surface area contributed by atoms with Crippen molar-refractivity contribution in [1.29, 1.82) is 0 Å². The molecular weight excluding hydrogens is 392 g/mol. The highest BCUT2D eigenvalue weighted by atomic mass is 32.2. The Morgan fingerprint density at radius 2 is 1.79 bits per heavy atom. The van der Waals surface area contributed by atoms with Gasteiger partial charge < -0.3 is 10.1 Å². The highest BCUT2D eigenvalue weighted by Crippen LogP contribution is 2.26. The fourth-order valence-corrected chi connectivity index (χ4v) is 3.39. The maximum atomic E-state index is 12.5. The number of aryl methyl sites for hydroxylation is 1. The van der Waals surface area contributed by atoms with Crippen molar-refractivity contribution in [2.45, 2.75) is 24.8 Å². The Morgan fingerprint density at radius 3 is 2.38 bits per heavy atom. The van der Waals surface area contributed by atoms with E-state index in [0.29, 0.717) is 0 Å². The van der Waals surface area contributed by atoms with Gasteiger partial charge in [-0.05, 0) is 48.9 Å². The predicted octanol–water partition coefficient (Wildman–Crippen LogP) is 1.90. The lowest BCUT2D eigenvalue weighted by Crippen LogP contribution is -2.25. The lowest BCUT2D eigenvalue weighted by Gasteiger charge is -2.08. The highest BCUT2D eigenvalue weighted by molar-refractivity contribution is 7.89. The first-order chi connectivity index (χ1) is 13.8. The zero-order valence-corrected chi connectivity index (χ0v) is 16.9. The molecule has 29 heavy (non-hydrogen) atoms. The lowest BCUT2D eigenvalue weighted by atomic mass is 10.0. The average molecular weight is 414 g/mol. The van der Waals surface area contributed by atoms with Crippen LogP contribution in [-0.4, -0.2) is 31.6 Å². The molecule has 152 valence electrons. The van der Waals surface area contributed by atoms with Gasteiger partial charge in [0.2, 0.25) is 15.9 Å². The van der Waals surface area contributed by atoms with Gasteiger partial charge in [-0.2, -0.15) is 5.10 Å². The number of H-pyrrole nitrogens is 1. The van der Waals surface area contributed by atoms with Gasteiger partial charge in [-0.3, -0.25) is 9.89 Å². The van der Waals surface area contributed by atoms with Crippen molar-refractivity contribution in [2.75, 3.05) is 7.11 Å². The summed E-state index contributed by atoms with van der Waals surface area (Å²) in [5, 5.41) is 15.2. The summed E-state index contributed by atoms with van der Waals surface area (Å²) < 4.78 is 27.8. The van der Waals surface area contributed by atoms with Gasteiger partial charge in [-0.15, -0.1) is 0 Å². The summed E-state index contributed by atoms with van der Waals surface area (Å²) in [5.74, 6) is 0.577. The molecule has 2 aromatic carbocycles. The van der Waals surface area contributed by atoms with Gasteiger partial charge in [-0.25, -0.2) is 13.6 Å². The second kappa shape index (κ2) is 8.46. The smallest absolute Gasteiger partial charge is 0.238 e. The van der Waals surface area contributed by atoms with E-state index in [0.717, 1.165) is 33.8 Å². The number of sulfonamides is 1. The summed E-state index contributed by atoms with van der Waals surface area (Å²) >= 11 is 0. The molecule has 1 aromatic heterocycles. The van der Waals surface area contributed by atoms with E-state index in [4.69, 9.17) is 9.88 Å². The Morgan fingerprint density at radius 1 is 1.14 bits per heavy atom. The zero-order chi connectivity index (χ0) is 21.0. The molecule has 0 spiro atoms. The maximum Gasteiger partial charge on any atom is 0.238 e. The number of amides is 1. The van der Waals surface area contributed by atoms with Crippen LogP contribution >= 0.6 is 0 Å². The third-order valence-electron chi connectivity index (χ3n) is 4.52. The van der Waals surface area contributed by atoms with E-state index >= 15 is 0 Å². The average Bonchev–Trinajstić information content (AvgIpc) is 3.06. The Bertz CT molecular complexity index is 1100. The molecule has 0 atom stereocenters. The number of hydrogen-bond donors (Lipinski definition) is 3. The van der Waals surface area contributed by atoms with Gasteiger partial charge in [-0.1, -0.05) is 12.1 Å². The third kappa shape index (κ3) is 5.01. The number of hydrogen-bond acceptors (Lipinski definition) is 5. The number of rotatable bonds is 7. The Hall–Kier alpha value is -3.17. The van der Waals surface area contributed by atoms with Crippen LogP contribution in [0.15, 0.2) is 53.4 Å². The highest BCUT2D eigenvalue weighted by Gasteiger charge is 2.16. The van der Waals surface area contributed by atoms with Crippen LogP contribution in [0.3, 0.4) is 0 Å². The number of nitrogens with one attached hydrogen (secondary N) is 2. The van der Waals surface area contributed by atoms with Crippen molar-refractivity contribution in [3.05, 3.63) is 65.4 Å². The molecule has 4 N–H and O–H groups in total. The van der Waals surface area contributed by atoms with Crippen molar-refractivity contribution < 1.29 is 17.9 Å². The molecule has 0 radical (unpaired) electrons. The van der Waals surface area contributed by atoms with E-state index in [1.54, 1.807) is 19.2 Å². The van der Waals surface area contributed by atoms with E-state index in [2.05, 4.69) is 15.5 Å². The summed E-state index contributed by atoms with van der Waals surface area (Å²) in [6, 6.07) is 13.5. The van der Waals surface area contributed by atoms with Crippen molar-refractivity contribution in [3.63, 3.8) is 0 Å². The van der Waals surface area contributed by atoms with Crippen LogP contribution < -0.4 is 15.2 Å². The first-order valence-corrected chi connectivity index (χ1v) is 10.4. The SMILES string of the molecule is COc1ccc(-c2n[nH]c(C)c2CC(=O)NCc2ccc(S(N)(=O)=O)cc2)cc1. The van der Waals surface area contributed by atoms with Crippen LogP contribution in [-0.2, 0) is 27.8 Å². The number of aromatic amines is 1. The molecule has 0 unspecified atom stereocenters. The van der Waals surface area contributed by atoms with E-state index < -0.39 is 10.0 Å². The molecule has 9 heteroatoms. The number of nitrogens with zero attached hydrogens (tertiary/aromatic N) is 1. The van der Waals surface area contributed by atoms with E-state index in [1.807, 2.05) is 31.2 Å². The molecule has 1 amide bonds. The quantitative estimate of drug-likeness (QED) is 0.544. The second-order valence-electron chi connectivity index (χ2n) is 6.55. The third-order valence-corrected chi connectivity index (χ3v) is 5.45. The Kier molecular flexibility index (Phi) is 6.00. The summed E-state index contributed by atoms with van der Waals surface area (Å²) in [6.45, 7) is 2.15. The van der Waals surface area contributed by atoms with Crippen molar-refractivity contribution in [2.24, 2.45) is 5.14 Å². The molecule has 1 heterocycles. The van der Waals surface area contributed by atoms with Gasteiger partial charge in [0, 0.05) is 23.4 Å². The molecule has 0 fully saturated rings. The number of methoxy groups -OCH3 is 1. The molecular formula is C20H22N4O4S. The minimum Gasteiger partial charge on any atom is -0.497 e. The van der Waals surface area contributed by atoms with Gasteiger partial charge in [0.1, 0.15) is 5.75 Å². The fraction of sp³-hybridized carbons (Fsp3) is 0.200. The number of primary sulfonamides is 1. The number of carbonyl (C=O) groups is 1. The minimum absolute atomic E-state index is 0.0331. The molecule has 0 saturated carbocycles. The molecule has 0 aliphatic rings. The van der Waals surface area contributed by atoms with Crippen LogP contribution in [0.1, 0.15) is 16.8 Å². The molecule has 0 aliphatic carbocycles. The summed E-state index contributed by atoms with van der Waals surface area (Å²) in [5.41, 5.74) is 4.01. The van der Waals surface area contributed by atoms with E-state index in [1.165, 1.54) is 12.1 Å². The Balaban J connectivity index is 1.67. The summed E-state index contributed by atoms with van der Waals surface area (Å²) in [6.07, 6.45) is 0.166. The number of carbonyl (C=O) groups excluding carboxylic acids is 1. The van der Waals surface area contributed by atoms with Crippen LogP contribution in [0.25, 0.3) is 11.3 Å². The molecule has 8 nitrogen and oxygen atoms in total.